The molecule has 0 spiro atoms. The minimum absolute atomic E-state index is 0.278. The Balaban J connectivity index is 2.23. The molecule has 3 nitrogen and oxygen atoms in total. The van der Waals surface area contributed by atoms with Crippen LogP contribution in [-0.2, 0) is 15.9 Å². The molecule has 1 saturated heterocycles. The zero-order valence-electron chi connectivity index (χ0n) is 13.0. The van der Waals surface area contributed by atoms with Crippen molar-refractivity contribution in [3.8, 4) is 0 Å². The lowest BCUT2D eigenvalue weighted by Crippen LogP contribution is -2.41. The highest BCUT2D eigenvalue weighted by molar-refractivity contribution is 7.89. The molecule has 1 heterocycles. The second kappa shape index (κ2) is 6.27. The second-order valence-corrected chi connectivity index (χ2v) is 8.50. The number of benzene rings is 1. The molecule has 1 aliphatic rings. The summed E-state index contributed by atoms with van der Waals surface area (Å²) in [5.41, 5.74) is 2.19. The molecule has 0 amide bonds. The summed E-state index contributed by atoms with van der Waals surface area (Å²) in [4.78, 5) is 0.365. The molecule has 2 rings (SSSR count). The van der Waals surface area contributed by atoms with Gasteiger partial charge in [-0.3, -0.25) is 0 Å². The average Bonchev–Trinajstić information content (AvgIpc) is 2.48. The van der Waals surface area contributed by atoms with E-state index in [0.717, 1.165) is 30.4 Å². The number of alkyl halides is 1. The van der Waals surface area contributed by atoms with Crippen molar-refractivity contribution in [1.29, 1.82) is 0 Å². The number of sulfonamides is 1. The molecule has 0 aliphatic carbocycles. The molecule has 0 saturated carbocycles. The van der Waals surface area contributed by atoms with Crippen LogP contribution in [0.1, 0.15) is 44.2 Å². The van der Waals surface area contributed by atoms with Crippen molar-refractivity contribution in [3.05, 3.63) is 29.3 Å². The van der Waals surface area contributed by atoms with E-state index in [2.05, 4.69) is 13.8 Å². The first-order valence-corrected chi connectivity index (χ1v) is 9.45. The van der Waals surface area contributed by atoms with E-state index < -0.39 is 10.0 Å². The van der Waals surface area contributed by atoms with Gasteiger partial charge in [0, 0.05) is 19.0 Å². The highest BCUT2D eigenvalue weighted by Crippen LogP contribution is 2.36. The van der Waals surface area contributed by atoms with Crippen LogP contribution in [0.2, 0.25) is 0 Å². The summed E-state index contributed by atoms with van der Waals surface area (Å²) < 4.78 is 27.1. The predicted molar refractivity (Wildman–Crippen MR) is 87.1 cm³/mol. The monoisotopic (exact) mass is 329 g/mol. The van der Waals surface area contributed by atoms with Crippen molar-refractivity contribution in [3.63, 3.8) is 0 Å². The molecule has 0 N–H and O–H groups in total. The quantitative estimate of drug-likeness (QED) is 0.785. The van der Waals surface area contributed by atoms with E-state index in [4.69, 9.17) is 11.6 Å². The summed E-state index contributed by atoms with van der Waals surface area (Å²) in [7, 11) is -3.40. The number of nitrogens with zero attached hydrogens (tertiary/aromatic N) is 1. The molecule has 118 valence electrons. The van der Waals surface area contributed by atoms with Crippen molar-refractivity contribution >= 4 is 21.6 Å². The Morgan fingerprint density at radius 1 is 1.29 bits per heavy atom. The zero-order chi connectivity index (χ0) is 15.7. The number of rotatable bonds is 4. The Labute approximate surface area is 133 Å². The first-order valence-electron chi connectivity index (χ1n) is 7.48. The summed E-state index contributed by atoms with van der Waals surface area (Å²) >= 11 is 5.89. The molecule has 0 unspecified atom stereocenters. The molecule has 0 aromatic heterocycles. The van der Waals surface area contributed by atoms with Crippen molar-refractivity contribution in [2.45, 2.75) is 50.8 Å². The van der Waals surface area contributed by atoms with Crippen LogP contribution in [-0.4, -0.2) is 25.8 Å². The van der Waals surface area contributed by atoms with Crippen molar-refractivity contribution in [2.75, 3.05) is 13.1 Å². The SMILES string of the molecule is CCC1(C)CCN(S(=O)(=O)c2ccc(C)c(CCl)c2)CC1. The van der Waals surface area contributed by atoms with Crippen molar-refractivity contribution in [2.24, 2.45) is 5.41 Å². The van der Waals surface area contributed by atoms with Crippen molar-refractivity contribution in [1.82, 2.24) is 4.31 Å². The standard InChI is InChI=1S/C16H24ClNO2S/c1-4-16(3)7-9-18(10-8-16)21(19,20)15-6-5-13(2)14(11-15)12-17/h5-6,11H,4,7-10,12H2,1-3H3. The maximum atomic E-state index is 12.7. The molecule has 1 aromatic rings. The Morgan fingerprint density at radius 2 is 1.90 bits per heavy atom. The van der Waals surface area contributed by atoms with Gasteiger partial charge >= 0.3 is 0 Å². The van der Waals surface area contributed by atoms with Gasteiger partial charge in [0.2, 0.25) is 10.0 Å². The van der Waals surface area contributed by atoms with E-state index >= 15 is 0 Å². The molecule has 0 bridgehead atoms. The summed E-state index contributed by atoms with van der Waals surface area (Å²) in [6, 6.07) is 5.24. The fraction of sp³-hybridized carbons (Fsp3) is 0.625. The Kier molecular flexibility index (Phi) is 5.01. The van der Waals surface area contributed by atoms with E-state index in [9.17, 15) is 8.42 Å². The molecule has 21 heavy (non-hydrogen) atoms. The number of hydrogen-bond acceptors (Lipinski definition) is 2. The van der Waals surface area contributed by atoms with Gasteiger partial charge in [0.1, 0.15) is 0 Å². The van der Waals surface area contributed by atoms with E-state index in [0.29, 0.717) is 23.9 Å². The average molecular weight is 330 g/mol. The van der Waals surface area contributed by atoms with E-state index in [1.54, 1.807) is 16.4 Å². The molecule has 1 aromatic carbocycles. The van der Waals surface area contributed by atoms with Gasteiger partial charge in [-0.2, -0.15) is 4.31 Å². The highest BCUT2D eigenvalue weighted by atomic mass is 35.5. The third kappa shape index (κ3) is 3.43. The lowest BCUT2D eigenvalue weighted by Gasteiger charge is -2.38. The van der Waals surface area contributed by atoms with Crippen LogP contribution in [0.3, 0.4) is 0 Å². The van der Waals surface area contributed by atoms with Gasteiger partial charge in [-0.05, 0) is 48.4 Å². The lowest BCUT2D eigenvalue weighted by molar-refractivity contribution is 0.169. The minimum atomic E-state index is -3.40. The van der Waals surface area contributed by atoms with Crippen LogP contribution >= 0.6 is 11.6 Å². The minimum Gasteiger partial charge on any atom is -0.207 e. The Hall–Kier alpha value is -0.580. The fourth-order valence-electron chi connectivity index (χ4n) is 2.72. The predicted octanol–water partition coefficient (Wildman–Crippen LogP) is 3.93. The summed E-state index contributed by atoms with van der Waals surface area (Å²) in [6.07, 6.45) is 2.95. The zero-order valence-corrected chi connectivity index (χ0v) is 14.6. The largest absolute Gasteiger partial charge is 0.243 e. The van der Waals surface area contributed by atoms with Crippen LogP contribution < -0.4 is 0 Å². The third-order valence-corrected chi connectivity index (χ3v) is 7.07. The Morgan fingerprint density at radius 3 is 2.43 bits per heavy atom. The smallest absolute Gasteiger partial charge is 0.207 e. The van der Waals surface area contributed by atoms with Crippen LogP contribution in [0, 0.1) is 12.3 Å². The highest BCUT2D eigenvalue weighted by Gasteiger charge is 2.34. The van der Waals surface area contributed by atoms with Crippen LogP contribution in [0.5, 0.6) is 0 Å². The molecular formula is C16H24ClNO2S. The van der Waals surface area contributed by atoms with Crippen LogP contribution in [0.15, 0.2) is 23.1 Å². The van der Waals surface area contributed by atoms with Gasteiger partial charge < -0.3 is 0 Å². The Bertz CT molecular complexity index is 605. The van der Waals surface area contributed by atoms with E-state index in [1.165, 1.54) is 0 Å². The summed E-state index contributed by atoms with van der Waals surface area (Å²) in [5.74, 6) is 0.336. The van der Waals surface area contributed by atoms with Gasteiger partial charge in [0.25, 0.3) is 0 Å². The molecule has 1 fully saturated rings. The van der Waals surface area contributed by atoms with E-state index in [-0.39, 0.29) is 5.41 Å². The second-order valence-electron chi connectivity index (χ2n) is 6.29. The number of piperidine rings is 1. The molecule has 1 aliphatic heterocycles. The maximum Gasteiger partial charge on any atom is 0.243 e. The van der Waals surface area contributed by atoms with Gasteiger partial charge in [0.05, 0.1) is 4.90 Å². The summed E-state index contributed by atoms with van der Waals surface area (Å²) in [5, 5.41) is 0. The van der Waals surface area contributed by atoms with E-state index in [1.807, 2.05) is 13.0 Å². The molecule has 0 atom stereocenters. The first kappa shape index (κ1) is 16.8. The number of hydrogen-bond donors (Lipinski definition) is 0. The lowest BCUT2D eigenvalue weighted by atomic mass is 9.79. The third-order valence-electron chi connectivity index (χ3n) is 4.89. The first-order chi connectivity index (χ1) is 9.82. The fourth-order valence-corrected chi connectivity index (χ4v) is 4.50. The normalized spacial score (nSPS) is 19.6. The molecule has 5 heteroatoms. The molecular weight excluding hydrogens is 306 g/mol. The maximum absolute atomic E-state index is 12.7. The van der Waals surface area contributed by atoms with Crippen LogP contribution in [0.4, 0.5) is 0 Å². The topological polar surface area (TPSA) is 37.4 Å². The number of halogens is 1. The molecule has 0 radical (unpaired) electrons. The number of aryl methyl sites for hydroxylation is 1. The van der Waals surface area contributed by atoms with Gasteiger partial charge in [0.15, 0.2) is 0 Å². The van der Waals surface area contributed by atoms with Gasteiger partial charge in [-0.25, -0.2) is 8.42 Å². The van der Waals surface area contributed by atoms with Crippen molar-refractivity contribution < 1.29 is 8.42 Å². The van der Waals surface area contributed by atoms with Gasteiger partial charge in [-0.15, -0.1) is 11.6 Å². The summed E-state index contributed by atoms with van der Waals surface area (Å²) in [6.45, 7) is 7.58. The van der Waals surface area contributed by atoms with Crippen LogP contribution in [0.25, 0.3) is 0 Å². The van der Waals surface area contributed by atoms with Gasteiger partial charge in [-0.1, -0.05) is 26.3 Å².